The number of nitrogens with zero attached hydrogens (tertiary/aromatic N) is 6. The van der Waals surface area contributed by atoms with Gasteiger partial charge in [0.25, 0.3) is 0 Å². The number of urea groups is 2. The van der Waals surface area contributed by atoms with E-state index in [0.717, 1.165) is 84.0 Å². The number of carbonyl (C=O) groups is 4. The Bertz CT molecular complexity index is 1730. The van der Waals surface area contributed by atoms with E-state index in [-0.39, 0.29) is 40.2 Å². The Hall–Kier alpha value is -3.96. The highest BCUT2D eigenvalue weighted by atomic mass is 16.5. The van der Waals surface area contributed by atoms with Crippen LogP contribution in [-0.2, 0) is 25.4 Å². The summed E-state index contributed by atoms with van der Waals surface area (Å²) >= 11 is 0. The number of Topliss-reactive ketones (excluding diaryl/α,β-unsaturated/α-hetero) is 1. The first kappa shape index (κ1) is 48.0. The first-order valence-electron chi connectivity index (χ1n) is 25.0. The summed E-state index contributed by atoms with van der Waals surface area (Å²) in [6, 6.07) is 22.2. The van der Waals surface area contributed by atoms with Crippen molar-refractivity contribution in [2.45, 2.75) is 151 Å². The van der Waals surface area contributed by atoms with Gasteiger partial charge in [0.1, 0.15) is 5.78 Å². The Kier molecular flexibility index (Phi) is 15.5. The third-order valence-corrected chi connectivity index (χ3v) is 17.1. The minimum Gasteiger partial charge on any atom is -0.469 e. The van der Waals surface area contributed by atoms with Gasteiger partial charge in [0.2, 0.25) is 0 Å². The van der Waals surface area contributed by atoms with Gasteiger partial charge in [-0.15, -0.1) is 0 Å². The lowest BCUT2D eigenvalue weighted by molar-refractivity contribution is -0.140. The fourth-order valence-electron chi connectivity index (χ4n) is 12.3. The average molecular weight is 881 g/mol. The van der Waals surface area contributed by atoms with Gasteiger partial charge < -0.3 is 24.3 Å². The van der Waals surface area contributed by atoms with E-state index >= 15 is 0 Å². The first-order chi connectivity index (χ1) is 30.8. The quantitative estimate of drug-likeness (QED) is 0.146. The second kappa shape index (κ2) is 20.7. The zero-order valence-electron chi connectivity index (χ0n) is 40.3. The topological polar surface area (TPSA) is 96.9 Å². The van der Waals surface area contributed by atoms with Crippen LogP contribution in [0.1, 0.15) is 140 Å². The molecule has 8 rings (SSSR count). The van der Waals surface area contributed by atoms with E-state index in [4.69, 9.17) is 4.74 Å². The predicted molar refractivity (Wildman–Crippen MR) is 254 cm³/mol. The summed E-state index contributed by atoms with van der Waals surface area (Å²) in [7, 11) is 10.2. The SMILES string of the molecule is CCC(=O)CCCN1CC2(CCC(c3ccccc3)(N(C)C)CC2)N(CC2CCC2)C1=O.COC(=O)CCCN1CC2(CCC(c3ccccc3)(N(C)C)CC2)N(CC2CCC2)C1=O. The molecule has 64 heavy (non-hydrogen) atoms. The number of benzene rings is 2. The molecule has 0 unspecified atom stereocenters. The Labute approximate surface area is 385 Å². The molecule has 4 aliphatic carbocycles. The monoisotopic (exact) mass is 881 g/mol. The summed E-state index contributed by atoms with van der Waals surface area (Å²) in [6.45, 7) is 6.70. The second-order valence-electron chi connectivity index (χ2n) is 20.9. The Morgan fingerprint density at radius 2 is 1.00 bits per heavy atom. The van der Waals surface area contributed by atoms with Crippen LogP contribution in [0.3, 0.4) is 0 Å². The second-order valence-corrected chi connectivity index (χ2v) is 20.9. The van der Waals surface area contributed by atoms with Gasteiger partial charge in [0, 0.05) is 69.6 Å². The van der Waals surface area contributed by atoms with Crippen LogP contribution in [0.25, 0.3) is 0 Å². The molecule has 2 saturated heterocycles. The number of rotatable bonds is 17. The zero-order valence-corrected chi connectivity index (χ0v) is 40.3. The molecular weight excluding hydrogens is 801 g/mol. The van der Waals surface area contributed by atoms with Crippen molar-refractivity contribution in [1.29, 1.82) is 0 Å². The van der Waals surface area contributed by atoms with E-state index < -0.39 is 0 Å². The van der Waals surface area contributed by atoms with E-state index in [1.165, 1.54) is 56.8 Å². The van der Waals surface area contributed by atoms with Crippen LogP contribution in [0.2, 0.25) is 0 Å². The molecule has 0 bridgehead atoms. The highest BCUT2D eigenvalue weighted by Gasteiger charge is 2.56. The summed E-state index contributed by atoms with van der Waals surface area (Å²) in [5.41, 5.74) is 2.71. The summed E-state index contributed by atoms with van der Waals surface area (Å²) in [4.78, 5) is 63.7. The van der Waals surface area contributed by atoms with E-state index in [2.05, 4.69) is 113 Å². The molecule has 6 aliphatic rings. The highest BCUT2D eigenvalue weighted by Crippen LogP contribution is 2.51. The van der Waals surface area contributed by atoms with Gasteiger partial charge in [-0.25, -0.2) is 9.59 Å². The van der Waals surface area contributed by atoms with Crippen molar-refractivity contribution >= 4 is 23.8 Å². The summed E-state index contributed by atoms with van der Waals surface area (Å²) < 4.78 is 4.78. The van der Waals surface area contributed by atoms with Gasteiger partial charge in [-0.2, -0.15) is 0 Å². The smallest absolute Gasteiger partial charge is 0.320 e. The van der Waals surface area contributed by atoms with Gasteiger partial charge in [0.15, 0.2) is 0 Å². The lowest BCUT2D eigenvalue weighted by Gasteiger charge is -2.51. The van der Waals surface area contributed by atoms with Gasteiger partial charge in [-0.05, 0) is 141 Å². The number of hydrogen-bond donors (Lipinski definition) is 0. The number of methoxy groups -OCH3 is 1. The normalized spacial score (nSPS) is 28.5. The molecule has 11 heteroatoms. The van der Waals surface area contributed by atoms with Gasteiger partial charge in [0.05, 0.1) is 18.2 Å². The maximum Gasteiger partial charge on any atom is 0.320 e. The number of ketones is 1. The van der Waals surface area contributed by atoms with Crippen molar-refractivity contribution in [1.82, 2.24) is 29.4 Å². The van der Waals surface area contributed by atoms with Crippen molar-refractivity contribution in [2.75, 3.05) is 74.6 Å². The molecule has 0 aromatic heterocycles. The van der Waals surface area contributed by atoms with Crippen LogP contribution in [0.5, 0.6) is 0 Å². The van der Waals surface area contributed by atoms with Gasteiger partial charge in [-0.1, -0.05) is 80.4 Å². The third kappa shape index (κ3) is 9.91. The molecule has 352 valence electrons. The molecule has 4 amide bonds. The van der Waals surface area contributed by atoms with Crippen LogP contribution in [0.15, 0.2) is 60.7 Å². The van der Waals surface area contributed by atoms with E-state index in [1.807, 2.05) is 11.8 Å². The largest absolute Gasteiger partial charge is 0.469 e. The molecule has 2 aromatic rings. The maximum absolute atomic E-state index is 13.5. The molecule has 6 fully saturated rings. The number of ether oxygens (including phenoxy) is 1. The fourth-order valence-corrected chi connectivity index (χ4v) is 12.3. The predicted octanol–water partition coefficient (Wildman–Crippen LogP) is 9.30. The van der Waals surface area contributed by atoms with Crippen LogP contribution >= 0.6 is 0 Å². The zero-order chi connectivity index (χ0) is 45.5. The van der Waals surface area contributed by atoms with E-state index in [1.54, 1.807) is 0 Å². The van der Waals surface area contributed by atoms with Crippen molar-refractivity contribution in [3.8, 4) is 0 Å². The number of esters is 1. The average Bonchev–Trinajstić information content (AvgIpc) is 3.68. The highest BCUT2D eigenvalue weighted by molar-refractivity contribution is 5.80. The van der Waals surface area contributed by atoms with Crippen LogP contribution in [-0.4, -0.2) is 139 Å². The lowest BCUT2D eigenvalue weighted by Crippen LogP contribution is -2.56. The van der Waals surface area contributed by atoms with Gasteiger partial charge >= 0.3 is 18.0 Å². The minimum atomic E-state index is -0.200. The summed E-state index contributed by atoms with van der Waals surface area (Å²) in [5, 5.41) is 0. The molecule has 2 heterocycles. The lowest BCUT2D eigenvalue weighted by atomic mass is 9.68. The van der Waals surface area contributed by atoms with Crippen LogP contribution < -0.4 is 0 Å². The number of hydrogen-bond acceptors (Lipinski definition) is 7. The number of amides is 4. The van der Waals surface area contributed by atoms with Gasteiger partial charge in [-0.3, -0.25) is 19.4 Å². The fraction of sp³-hybridized carbons (Fsp3) is 0.698. The maximum atomic E-state index is 13.5. The summed E-state index contributed by atoms with van der Waals surface area (Å²) in [6.07, 6.45) is 19.0. The van der Waals surface area contributed by atoms with Crippen molar-refractivity contribution in [3.63, 3.8) is 0 Å². The first-order valence-corrected chi connectivity index (χ1v) is 25.0. The molecule has 0 atom stereocenters. The third-order valence-electron chi connectivity index (χ3n) is 17.1. The van der Waals surface area contributed by atoms with Crippen molar-refractivity contribution in [3.05, 3.63) is 71.8 Å². The molecule has 0 N–H and O–H groups in total. The van der Waals surface area contributed by atoms with Crippen LogP contribution in [0.4, 0.5) is 9.59 Å². The van der Waals surface area contributed by atoms with Crippen molar-refractivity contribution < 1.29 is 23.9 Å². The molecule has 11 nitrogen and oxygen atoms in total. The Morgan fingerprint density at radius 1 is 0.609 bits per heavy atom. The molecule has 2 aromatic carbocycles. The molecule has 4 saturated carbocycles. The molecule has 2 aliphatic heterocycles. The minimum absolute atomic E-state index is 0.0238. The Balaban J connectivity index is 0.000000191. The van der Waals surface area contributed by atoms with E-state index in [0.29, 0.717) is 56.4 Å². The number of carbonyl (C=O) groups excluding carboxylic acids is 4. The standard InChI is InChI=1S/C27H41N3O2.C26H39N3O3/c1-4-24(31)14-9-19-29-21-26(30(25(29)32)20-22-10-8-11-22)15-17-27(18-16-26,28(2)3)23-12-6-5-7-13-23;1-27(2)26(22-11-5-4-6-12-22)16-14-25(15-17-26)20-28(18-8-13-23(30)32-3)24(31)29(25)19-21-9-7-10-21/h5-7,12-13,22H,4,8-11,14-21H2,1-3H3;4-6,11-12,21H,7-10,13-20H2,1-3H3. The van der Waals surface area contributed by atoms with E-state index in [9.17, 15) is 19.2 Å². The van der Waals surface area contributed by atoms with Crippen LogP contribution in [0, 0.1) is 11.8 Å². The molecule has 0 radical (unpaired) electrons. The molecule has 2 spiro atoms. The van der Waals surface area contributed by atoms with Crippen molar-refractivity contribution in [2.24, 2.45) is 11.8 Å². The summed E-state index contributed by atoms with van der Waals surface area (Å²) in [5.74, 6) is 1.43. The molecular formula is C53H80N6O5. The Morgan fingerprint density at radius 3 is 1.33 bits per heavy atom.